The SMILES string of the molecule is CSc1nc2nc(C)c(CC(=O)Nc3ccc4nc(C)sc4c3)c(C)n2n1. The van der Waals surface area contributed by atoms with Gasteiger partial charge in [0.05, 0.1) is 21.6 Å². The molecular weight excluding hydrogens is 380 g/mol. The van der Waals surface area contributed by atoms with E-state index in [0.29, 0.717) is 10.9 Å². The van der Waals surface area contributed by atoms with Crippen molar-refractivity contribution in [3.8, 4) is 0 Å². The molecule has 27 heavy (non-hydrogen) atoms. The molecule has 3 heterocycles. The maximum absolute atomic E-state index is 12.6. The normalized spacial score (nSPS) is 11.4. The minimum atomic E-state index is -0.0897. The first-order valence-electron chi connectivity index (χ1n) is 8.38. The summed E-state index contributed by atoms with van der Waals surface area (Å²) in [6.45, 7) is 5.81. The van der Waals surface area contributed by atoms with Crippen molar-refractivity contribution in [3.05, 3.63) is 40.2 Å². The fourth-order valence-electron chi connectivity index (χ4n) is 3.02. The number of fused-ring (bicyclic) bond motifs is 2. The standard InChI is InChI=1S/C18H18N6OS2/c1-9-13(10(2)24-17(19-9)22-18(23-24)26-4)8-16(25)21-12-5-6-14-15(7-12)27-11(3)20-14/h5-7H,8H2,1-4H3,(H,21,25). The van der Waals surface area contributed by atoms with Gasteiger partial charge < -0.3 is 5.32 Å². The summed E-state index contributed by atoms with van der Waals surface area (Å²) in [5.74, 6) is 0.470. The number of hydrogen-bond donors (Lipinski definition) is 1. The van der Waals surface area contributed by atoms with Crippen LogP contribution in [0.4, 0.5) is 5.69 Å². The van der Waals surface area contributed by atoms with E-state index in [1.165, 1.54) is 11.8 Å². The number of aromatic nitrogens is 5. The molecule has 0 saturated heterocycles. The van der Waals surface area contributed by atoms with Gasteiger partial charge in [-0.15, -0.1) is 16.4 Å². The van der Waals surface area contributed by atoms with Crippen LogP contribution in [-0.4, -0.2) is 36.7 Å². The Kier molecular flexibility index (Phi) is 4.56. The lowest BCUT2D eigenvalue weighted by atomic mass is 10.1. The molecule has 0 bridgehead atoms. The van der Waals surface area contributed by atoms with E-state index in [1.54, 1.807) is 15.9 Å². The number of nitrogens with zero attached hydrogens (tertiary/aromatic N) is 5. The number of carbonyl (C=O) groups excluding carboxylic acids is 1. The molecule has 3 aromatic heterocycles. The van der Waals surface area contributed by atoms with Gasteiger partial charge in [0.15, 0.2) is 0 Å². The van der Waals surface area contributed by atoms with E-state index in [9.17, 15) is 4.79 Å². The van der Waals surface area contributed by atoms with Gasteiger partial charge in [0, 0.05) is 22.6 Å². The first kappa shape index (κ1) is 17.9. The summed E-state index contributed by atoms with van der Waals surface area (Å²) in [6, 6.07) is 5.77. The molecule has 0 aliphatic carbocycles. The van der Waals surface area contributed by atoms with Crippen molar-refractivity contribution in [3.63, 3.8) is 0 Å². The number of amides is 1. The Morgan fingerprint density at radius 2 is 2.04 bits per heavy atom. The second kappa shape index (κ2) is 6.90. The molecular formula is C18H18N6OS2. The number of thiazole rings is 1. The third-order valence-electron chi connectivity index (χ3n) is 4.33. The van der Waals surface area contributed by atoms with Crippen molar-refractivity contribution in [2.45, 2.75) is 32.3 Å². The van der Waals surface area contributed by atoms with E-state index >= 15 is 0 Å². The third-order valence-corrected chi connectivity index (χ3v) is 5.80. The number of nitrogens with one attached hydrogen (secondary N) is 1. The Bertz CT molecular complexity index is 1180. The number of anilines is 1. The molecule has 1 N–H and O–H groups in total. The zero-order chi connectivity index (χ0) is 19.1. The minimum Gasteiger partial charge on any atom is -0.326 e. The molecule has 0 saturated carbocycles. The van der Waals surface area contributed by atoms with E-state index in [1.807, 2.05) is 45.2 Å². The molecule has 0 spiro atoms. The molecule has 0 atom stereocenters. The second-order valence-electron chi connectivity index (χ2n) is 6.21. The Morgan fingerprint density at radius 3 is 2.81 bits per heavy atom. The van der Waals surface area contributed by atoms with Crippen molar-refractivity contribution in [2.24, 2.45) is 0 Å². The molecule has 1 aromatic carbocycles. The van der Waals surface area contributed by atoms with Gasteiger partial charge in [-0.2, -0.15) is 4.98 Å². The van der Waals surface area contributed by atoms with Gasteiger partial charge in [-0.1, -0.05) is 11.8 Å². The minimum absolute atomic E-state index is 0.0897. The maximum Gasteiger partial charge on any atom is 0.253 e. The monoisotopic (exact) mass is 398 g/mol. The van der Waals surface area contributed by atoms with Crippen LogP contribution >= 0.6 is 23.1 Å². The highest BCUT2D eigenvalue weighted by Gasteiger charge is 2.16. The number of rotatable bonds is 4. The van der Waals surface area contributed by atoms with E-state index in [-0.39, 0.29) is 12.3 Å². The van der Waals surface area contributed by atoms with E-state index in [0.717, 1.165) is 37.9 Å². The number of hydrogen-bond acceptors (Lipinski definition) is 7. The average molecular weight is 399 g/mol. The Hall–Kier alpha value is -2.52. The second-order valence-corrected chi connectivity index (χ2v) is 8.22. The van der Waals surface area contributed by atoms with Crippen molar-refractivity contribution >= 4 is 50.7 Å². The fraction of sp³-hybridized carbons (Fsp3) is 0.278. The molecule has 0 radical (unpaired) electrons. The zero-order valence-electron chi connectivity index (χ0n) is 15.4. The molecule has 0 unspecified atom stereocenters. The lowest BCUT2D eigenvalue weighted by Gasteiger charge is -2.10. The first-order chi connectivity index (χ1) is 12.9. The quantitative estimate of drug-likeness (QED) is 0.529. The molecule has 4 aromatic rings. The Morgan fingerprint density at radius 1 is 1.22 bits per heavy atom. The van der Waals surface area contributed by atoms with Crippen LogP contribution in [0.15, 0.2) is 23.4 Å². The van der Waals surface area contributed by atoms with Crippen LogP contribution in [0, 0.1) is 20.8 Å². The van der Waals surface area contributed by atoms with Crippen molar-refractivity contribution < 1.29 is 4.79 Å². The summed E-state index contributed by atoms with van der Waals surface area (Å²) in [5, 5.41) is 9.08. The zero-order valence-corrected chi connectivity index (χ0v) is 17.0. The molecule has 0 fully saturated rings. The highest BCUT2D eigenvalue weighted by atomic mass is 32.2. The largest absolute Gasteiger partial charge is 0.326 e. The number of benzene rings is 1. The lowest BCUT2D eigenvalue weighted by Crippen LogP contribution is -2.17. The average Bonchev–Trinajstić information content (AvgIpc) is 3.20. The van der Waals surface area contributed by atoms with Gasteiger partial charge in [0.2, 0.25) is 11.1 Å². The van der Waals surface area contributed by atoms with Gasteiger partial charge >= 0.3 is 0 Å². The highest BCUT2D eigenvalue weighted by molar-refractivity contribution is 7.98. The van der Waals surface area contributed by atoms with Crippen LogP contribution in [0.3, 0.4) is 0 Å². The number of aryl methyl sites for hydroxylation is 3. The van der Waals surface area contributed by atoms with Crippen LogP contribution in [0.2, 0.25) is 0 Å². The topological polar surface area (TPSA) is 85.1 Å². The van der Waals surface area contributed by atoms with Crippen LogP contribution in [-0.2, 0) is 11.2 Å². The fourth-order valence-corrected chi connectivity index (χ4v) is 4.22. The first-order valence-corrected chi connectivity index (χ1v) is 10.4. The molecule has 0 aliphatic rings. The lowest BCUT2D eigenvalue weighted by molar-refractivity contribution is -0.115. The van der Waals surface area contributed by atoms with Crippen LogP contribution < -0.4 is 5.32 Å². The predicted molar refractivity (Wildman–Crippen MR) is 109 cm³/mol. The Balaban J connectivity index is 1.59. The van der Waals surface area contributed by atoms with Gasteiger partial charge in [-0.25, -0.2) is 14.5 Å². The molecule has 7 nitrogen and oxygen atoms in total. The van der Waals surface area contributed by atoms with Crippen molar-refractivity contribution in [1.82, 2.24) is 24.6 Å². The van der Waals surface area contributed by atoms with Crippen molar-refractivity contribution in [1.29, 1.82) is 0 Å². The predicted octanol–water partition coefficient (Wildman–Crippen LogP) is 3.56. The van der Waals surface area contributed by atoms with Gasteiger partial charge in [0.25, 0.3) is 5.78 Å². The summed E-state index contributed by atoms with van der Waals surface area (Å²) in [5.41, 5.74) is 4.27. The Labute approximate surface area is 164 Å². The molecule has 138 valence electrons. The van der Waals surface area contributed by atoms with E-state index < -0.39 is 0 Å². The third kappa shape index (κ3) is 3.40. The summed E-state index contributed by atoms with van der Waals surface area (Å²) in [4.78, 5) is 25.9. The summed E-state index contributed by atoms with van der Waals surface area (Å²) in [6.07, 6.45) is 2.15. The molecule has 0 aliphatic heterocycles. The molecule has 1 amide bonds. The smallest absolute Gasteiger partial charge is 0.253 e. The van der Waals surface area contributed by atoms with E-state index in [4.69, 9.17) is 0 Å². The number of thioether (sulfide) groups is 1. The number of carbonyl (C=O) groups is 1. The summed E-state index contributed by atoms with van der Waals surface area (Å²) in [7, 11) is 0. The van der Waals surface area contributed by atoms with Crippen LogP contribution in [0.25, 0.3) is 16.0 Å². The van der Waals surface area contributed by atoms with E-state index in [2.05, 4.69) is 25.4 Å². The van der Waals surface area contributed by atoms with Crippen LogP contribution in [0.5, 0.6) is 0 Å². The van der Waals surface area contributed by atoms with Crippen LogP contribution in [0.1, 0.15) is 22.0 Å². The maximum atomic E-state index is 12.6. The molecule has 4 rings (SSSR count). The molecule has 9 heteroatoms. The van der Waals surface area contributed by atoms with Gasteiger partial charge in [0.1, 0.15) is 0 Å². The van der Waals surface area contributed by atoms with Gasteiger partial charge in [-0.05, 0) is 45.2 Å². The summed E-state index contributed by atoms with van der Waals surface area (Å²) < 4.78 is 2.76. The highest BCUT2D eigenvalue weighted by Crippen LogP contribution is 2.25. The van der Waals surface area contributed by atoms with Crippen molar-refractivity contribution in [2.75, 3.05) is 11.6 Å². The van der Waals surface area contributed by atoms with Gasteiger partial charge in [-0.3, -0.25) is 4.79 Å². The summed E-state index contributed by atoms with van der Waals surface area (Å²) >= 11 is 3.08.